The summed E-state index contributed by atoms with van der Waals surface area (Å²) in [6.07, 6.45) is 0.706. The summed E-state index contributed by atoms with van der Waals surface area (Å²) in [6.45, 7) is 7.70. The van der Waals surface area contributed by atoms with Crippen molar-refractivity contribution in [2.45, 2.75) is 39.7 Å². The Kier molecular flexibility index (Phi) is 9.12. The highest BCUT2D eigenvalue weighted by Gasteiger charge is 2.20. The maximum absolute atomic E-state index is 13.8. The summed E-state index contributed by atoms with van der Waals surface area (Å²) in [7, 11) is 4.44. The Morgan fingerprint density at radius 1 is 1.00 bits per heavy atom. The van der Waals surface area contributed by atoms with Crippen molar-refractivity contribution in [2.75, 3.05) is 21.3 Å². The molecule has 0 spiro atoms. The van der Waals surface area contributed by atoms with Gasteiger partial charge in [0, 0.05) is 15.6 Å². The van der Waals surface area contributed by atoms with Crippen LogP contribution in [0.1, 0.15) is 43.4 Å². The van der Waals surface area contributed by atoms with E-state index in [1.165, 1.54) is 18.9 Å². The first-order valence-corrected chi connectivity index (χ1v) is 13.8. The predicted molar refractivity (Wildman–Crippen MR) is 163 cm³/mol. The van der Waals surface area contributed by atoms with Crippen LogP contribution in [0.4, 0.5) is 0 Å². The number of aryl methyl sites for hydroxylation is 1. The number of carbonyl (C=O) groups is 1. The summed E-state index contributed by atoms with van der Waals surface area (Å²) >= 11 is 3.54. The normalized spacial score (nSPS) is 12.1. The number of carbonyl (C=O) groups excluding carboxylic acids is 1. The molecule has 4 aromatic rings. The number of para-hydroxylation sites is 1. The van der Waals surface area contributed by atoms with Crippen molar-refractivity contribution < 1.29 is 23.7 Å². The van der Waals surface area contributed by atoms with Gasteiger partial charge in [0.25, 0.3) is 5.56 Å². The Bertz CT molecular complexity index is 1700. The van der Waals surface area contributed by atoms with E-state index in [-0.39, 0.29) is 11.5 Å². The molecule has 0 radical (unpaired) electrons. The highest BCUT2D eigenvalue weighted by atomic mass is 79.9. The Balaban J connectivity index is 1.88. The standard InChI is InChI=1S/C31H32BrN3O6/c1-17(2)22-14-23(18(3)12-26(22)38-5)29-34-25-11-9-8-10-21(25)30(36)35(29)33-16-20-13-27(39-6)28(15-24(20)32)41-19(4)31(37)40-7/h8-17,19H,1-7H3/t19-/m0/s1. The van der Waals surface area contributed by atoms with Crippen LogP contribution in [0.15, 0.2) is 62.9 Å². The fourth-order valence-corrected chi connectivity index (χ4v) is 4.82. The first kappa shape index (κ1) is 29.8. The van der Waals surface area contributed by atoms with Gasteiger partial charge in [0.2, 0.25) is 0 Å². The van der Waals surface area contributed by atoms with Crippen LogP contribution in [0.3, 0.4) is 0 Å². The Morgan fingerprint density at radius 3 is 2.37 bits per heavy atom. The molecule has 41 heavy (non-hydrogen) atoms. The number of aromatic nitrogens is 2. The molecule has 1 atom stereocenters. The van der Waals surface area contributed by atoms with Crippen LogP contribution in [0.5, 0.6) is 17.2 Å². The molecule has 0 aliphatic rings. The molecule has 0 aliphatic heterocycles. The maximum Gasteiger partial charge on any atom is 0.346 e. The number of hydrogen-bond donors (Lipinski definition) is 0. The van der Waals surface area contributed by atoms with Crippen molar-refractivity contribution in [1.29, 1.82) is 0 Å². The number of fused-ring (bicyclic) bond motifs is 1. The van der Waals surface area contributed by atoms with Crippen LogP contribution in [0.25, 0.3) is 22.3 Å². The largest absolute Gasteiger partial charge is 0.496 e. The lowest BCUT2D eigenvalue weighted by Crippen LogP contribution is -2.25. The van der Waals surface area contributed by atoms with E-state index in [1.807, 2.05) is 31.2 Å². The monoisotopic (exact) mass is 621 g/mol. The van der Waals surface area contributed by atoms with Gasteiger partial charge in [0.15, 0.2) is 23.4 Å². The van der Waals surface area contributed by atoms with Crippen molar-refractivity contribution in [1.82, 2.24) is 9.66 Å². The lowest BCUT2D eigenvalue weighted by atomic mass is 9.96. The first-order chi connectivity index (χ1) is 19.6. The lowest BCUT2D eigenvalue weighted by molar-refractivity contribution is -0.147. The third-order valence-corrected chi connectivity index (χ3v) is 7.31. The summed E-state index contributed by atoms with van der Waals surface area (Å²) < 4.78 is 23.5. The van der Waals surface area contributed by atoms with E-state index in [2.05, 4.69) is 34.9 Å². The van der Waals surface area contributed by atoms with Crippen LogP contribution in [0, 0.1) is 6.92 Å². The zero-order chi connectivity index (χ0) is 29.8. The highest BCUT2D eigenvalue weighted by molar-refractivity contribution is 9.10. The fourth-order valence-electron chi connectivity index (χ4n) is 4.40. The highest BCUT2D eigenvalue weighted by Crippen LogP contribution is 2.35. The van der Waals surface area contributed by atoms with Crippen LogP contribution < -0.4 is 19.8 Å². The number of benzene rings is 3. The molecule has 214 valence electrons. The minimum absolute atomic E-state index is 0.180. The molecule has 0 bridgehead atoms. The Labute approximate surface area is 246 Å². The third-order valence-electron chi connectivity index (χ3n) is 6.63. The maximum atomic E-state index is 13.8. The summed E-state index contributed by atoms with van der Waals surface area (Å²) in [5.74, 6) is 1.57. The molecular formula is C31H32BrN3O6. The number of halogens is 1. The average Bonchev–Trinajstić information content (AvgIpc) is 2.96. The molecule has 1 heterocycles. The van der Waals surface area contributed by atoms with Gasteiger partial charge in [-0.05, 0) is 83.2 Å². The number of ether oxygens (including phenoxy) is 4. The van der Waals surface area contributed by atoms with Crippen LogP contribution in [-0.4, -0.2) is 49.3 Å². The molecular weight excluding hydrogens is 590 g/mol. The number of nitrogens with zero attached hydrogens (tertiary/aromatic N) is 3. The van der Waals surface area contributed by atoms with Gasteiger partial charge in [-0.1, -0.05) is 26.0 Å². The van der Waals surface area contributed by atoms with Gasteiger partial charge in [-0.3, -0.25) is 4.79 Å². The van der Waals surface area contributed by atoms with E-state index in [1.54, 1.807) is 44.5 Å². The fraction of sp³-hybridized carbons (Fsp3) is 0.290. The molecule has 4 rings (SSSR count). The molecule has 0 saturated heterocycles. The lowest BCUT2D eigenvalue weighted by Gasteiger charge is -2.17. The second kappa shape index (κ2) is 12.6. The van der Waals surface area contributed by atoms with Crippen molar-refractivity contribution in [3.05, 3.63) is 80.0 Å². The number of rotatable bonds is 9. The van der Waals surface area contributed by atoms with Gasteiger partial charge in [0.1, 0.15) is 5.75 Å². The molecule has 0 N–H and O–H groups in total. The molecule has 9 nitrogen and oxygen atoms in total. The van der Waals surface area contributed by atoms with Gasteiger partial charge >= 0.3 is 5.97 Å². The van der Waals surface area contributed by atoms with Crippen molar-refractivity contribution in [3.63, 3.8) is 0 Å². The number of methoxy groups -OCH3 is 3. The molecule has 0 aliphatic carbocycles. The van der Waals surface area contributed by atoms with E-state index < -0.39 is 12.1 Å². The molecule has 0 fully saturated rings. The quantitative estimate of drug-likeness (QED) is 0.164. The average molecular weight is 623 g/mol. The topological polar surface area (TPSA) is 101 Å². The van der Waals surface area contributed by atoms with Gasteiger partial charge in [-0.15, -0.1) is 0 Å². The smallest absolute Gasteiger partial charge is 0.346 e. The Morgan fingerprint density at radius 2 is 1.71 bits per heavy atom. The van der Waals surface area contributed by atoms with Gasteiger partial charge < -0.3 is 18.9 Å². The first-order valence-electron chi connectivity index (χ1n) is 13.0. The van der Waals surface area contributed by atoms with Crippen molar-refractivity contribution >= 4 is 39.0 Å². The molecule has 1 aromatic heterocycles. The summed E-state index contributed by atoms with van der Waals surface area (Å²) in [5, 5.41) is 5.06. The van der Waals surface area contributed by atoms with E-state index in [9.17, 15) is 9.59 Å². The second-order valence-corrected chi connectivity index (χ2v) is 10.5. The van der Waals surface area contributed by atoms with Crippen molar-refractivity contribution in [2.24, 2.45) is 5.10 Å². The zero-order valence-electron chi connectivity index (χ0n) is 24.0. The molecule has 0 amide bonds. The minimum atomic E-state index is -0.839. The number of hydrogen-bond acceptors (Lipinski definition) is 8. The Hall–Kier alpha value is -4.18. The molecule has 0 saturated carbocycles. The molecule has 0 unspecified atom stereocenters. The summed E-state index contributed by atoms with van der Waals surface area (Å²) in [5.41, 5.74) is 3.53. The summed E-state index contributed by atoms with van der Waals surface area (Å²) in [6, 6.07) is 14.5. The van der Waals surface area contributed by atoms with Gasteiger partial charge in [-0.25, -0.2) is 9.78 Å². The van der Waals surface area contributed by atoms with Gasteiger partial charge in [0.05, 0.1) is 38.4 Å². The summed E-state index contributed by atoms with van der Waals surface area (Å²) in [4.78, 5) is 30.5. The number of esters is 1. The van der Waals surface area contributed by atoms with E-state index in [0.717, 1.165) is 22.4 Å². The van der Waals surface area contributed by atoms with Crippen LogP contribution in [0.2, 0.25) is 0 Å². The van der Waals surface area contributed by atoms with Crippen LogP contribution >= 0.6 is 15.9 Å². The van der Waals surface area contributed by atoms with E-state index >= 15 is 0 Å². The molecule has 10 heteroatoms. The second-order valence-electron chi connectivity index (χ2n) is 9.69. The SMILES string of the molecule is COC(=O)[C@H](C)Oc1cc(Br)c(C=Nn2c(-c3cc(C(C)C)c(OC)cc3C)nc3ccccc3c2=O)cc1OC. The van der Waals surface area contributed by atoms with Gasteiger partial charge in [-0.2, -0.15) is 9.78 Å². The molecule has 3 aromatic carbocycles. The predicted octanol–water partition coefficient (Wildman–Crippen LogP) is 6.10. The van der Waals surface area contributed by atoms with Crippen LogP contribution in [-0.2, 0) is 9.53 Å². The third kappa shape index (κ3) is 6.12. The van der Waals surface area contributed by atoms with Crippen molar-refractivity contribution in [3.8, 4) is 28.6 Å². The zero-order valence-corrected chi connectivity index (χ0v) is 25.6. The van der Waals surface area contributed by atoms with E-state index in [0.29, 0.717) is 38.3 Å². The van der Waals surface area contributed by atoms with E-state index in [4.69, 9.17) is 23.9 Å². The minimum Gasteiger partial charge on any atom is -0.496 e.